The van der Waals surface area contributed by atoms with E-state index in [0.29, 0.717) is 36.8 Å². The Balaban J connectivity index is 1.91. The van der Waals surface area contributed by atoms with E-state index in [-0.39, 0.29) is 17.8 Å². The first-order chi connectivity index (χ1) is 12.8. The first-order valence-corrected chi connectivity index (χ1v) is 9.56. The number of carbonyl (C=O) groups excluding carboxylic acids is 2. The van der Waals surface area contributed by atoms with E-state index in [1.165, 1.54) is 23.5 Å². The lowest BCUT2D eigenvalue weighted by Crippen LogP contribution is -2.30. The molecule has 0 bridgehead atoms. The van der Waals surface area contributed by atoms with Crippen LogP contribution in [0.15, 0.2) is 36.4 Å². The van der Waals surface area contributed by atoms with Gasteiger partial charge in [0.25, 0.3) is 11.8 Å². The molecule has 3 rings (SSSR count). The van der Waals surface area contributed by atoms with Crippen molar-refractivity contribution < 1.29 is 14.0 Å². The van der Waals surface area contributed by atoms with Crippen LogP contribution in [-0.2, 0) is 0 Å². The molecule has 1 heterocycles. The molecule has 0 unspecified atom stereocenters. The molecule has 0 fully saturated rings. The number of amides is 2. The molecule has 2 amide bonds. The molecular weight excluding hydrogens is 387 g/mol. The lowest BCUT2D eigenvalue weighted by atomic mass is 10.1. The number of hydrogen-bond acceptors (Lipinski definition) is 3. The zero-order chi connectivity index (χ0) is 19.7. The van der Waals surface area contributed by atoms with Gasteiger partial charge in [-0.1, -0.05) is 17.7 Å². The van der Waals surface area contributed by atoms with Gasteiger partial charge in [0.2, 0.25) is 0 Å². The van der Waals surface area contributed by atoms with Crippen LogP contribution in [0.4, 0.5) is 10.1 Å². The lowest BCUT2D eigenvalue weighted by Gasteiger charge is -2.11. The van der Waals surface area contributed by atoms with Gasteiger partial charge in [0.1, 0.15) is 5.82 Å². The van der Waals surface area contributed by atoms with E-state index in [9.17, 15) is 14.0 Å². The first kappa shape index (κ1) is 19.3. The standard InChI is InChI=1S/C20H18ClFN2O2S/c1-10(2)23-19(25)12-7-8-13(21)15(9-12)24-20(26)18-11(3)17-14(22)5-4-6-16(17)27-18/h4-10H,1-3H3,(H,23,25)(H,24,26). The van der Waals surface area contributed by atoms with Gasteiger partial charge in [0, 0.05) is 21.7 Å². The van der Waals surface area contributed by atoms with Gasteiger partial charge in [-0.15, -0.1) is 11.3 Å². The fraction of sp³-hybridized carbons (Fsp3) is 0.200. The molecule has 2 aromatic carbocycles. The number of rotatable bonds is 4. The smallest absolute Gasteiger partial charge is 0.266 e. The second kappa shape index (κ2) is 7.66. The van der Waals surface area contributed by atoms with Crippen LogP contribution in [0.3, 0.4) is 0 Å². The third-order valence-electron chi connectivity index (χ3n) is 4.01. The first-order valence-electron chi connectivity index (χ1n) is 8.37. The van der Waals surface area contributed by atoms with Crippen molar-refractivity contribution in [3.8, 4) is 0 Å². The molecule has 0 aliphatic carbocycles. The van der Waals surface area contributed by atoms with Gasteiger partial charge in [-0.2, -0.15) is 0 Å². The summed E-state index contributed by atoms with van der Waals surface area (Å²) in [5, 5.41) is 6.29. The number of benzene rings is 2. The molecule has 0 saturated carbocycles. The van der Waals surface area contributed by atoms with Crippen LogP contribution in [0.25, 0.3) is 10.1 Å². The molecule has 140 valence electrons. The van der Waals surface area contributed by atoms with Crippen molar-refractivity contribution >= 4 is 50.5 Å². The second-order valence-corrected chi connectivity index (χ2v) is 7.91. The van der Waals surface area contributed by atoms with Gasteiger partial charge in [0.05, 0.1) is 15.6 Å². The molecule has 1 aromatic heterocycles. The predicted octanol–water partition coefficient (Wildman–Crippen LogP) is 5.39. The Hall–Kier alpha value is -2.44. The Bertz CT molecular complexity index is 1050. The van der Waals surface area contributed by atoms with Crippen LogP contribution < -0.4 is 10.6 Å². The lowest BCUT2D eigenvalue weighted by molar-refractivity contribution is 0.0942. The van der Waals surface area contributed by atoms with Gasteiger partial charge in [0.15, 0.2) is 0 Å². The molecule has 0 aliphatic rings. The molecule has 3 aromatic rings. The summed E-state index contributed by atoms with van der Waals surface area (Å²) in [7, 11) is 0. The number of nitrogens with one attached hydrogen (secondary N) is 2. The molecule has 0 saturated heterocycles. The third-order valence-corrected chi connectivity index (χ3v) is 5.59. The topological polar surface area (TPSA) is 58.2 Å². The molecule has 7 heteroatoms. The molecule has 0 atom stereocenters. The number of aryl methyl sites for hydroxylation is 1. The van der Waals surface area contributed by atoms with Gasteiger partial charge < -0.3 is 10.6 Å². The maximum atomic E-state index is 14.1. The van der Waals surface area contributed by atoms with Crippen molar-refractivity contribution in [2.45, 2.75) is 26.8 Å². The minimum atomic E-state index is -0.392. The maximum Gasteiger partial charge on any atom is 0.266 e. The average molecular weight is 405 g/mol. The van der Waals surface area contributed by atoms with Crippen LogP contribution in [0.5, 0.6) is 0 Å². The Morgan fingerprint density at radius 1 is 1.15 bits per heavy atom. The molecule has 27 heavy (non-hydrogen) atoms. The highest BCUT2D eigenvalue weighted by atomic mass is 35.5. The quantitative estimate of drug-likeness (QED) is 0.612. The van der Waals surface area contributed by atoms with Crippen LogP contribution in [-0.4, -0.2) is 17.9 Å². The minimum absolute atomic E-state index is 0.0117. The molecular formula is C20H18ClFN2O2S. The summed E-state index contributed by atoms with van der Waals surface area (Å²) < 4.78 is 14.8. The fourth-order valence-electron chi connectivity index (χ4n) is 2.76. The number of thiophene rings is 1. The maximum absolute atomic E-state index is 14.1. The van der Waals surface area contributed by atoms with Crippen molar-refractivity contribution in [2.24, 2.45) is 0 Å². The number of anilines is 1. The minimum Gasteiger partial charge on any atom is -0.350 e. The van der Waals surface area contributed by atoms with E-state index in [1.807, 2.05) is 13.8 Å². The summed E-state index contributed by atoms with van der Waals surface area (Å²) in [6, 6.07) is 9.43. The third kappa shape index (κ3) is 3.96. The highest BCUT2D eigenvalue weighted by Crippen LogP contribution is 2.33. The summed E-state index contributed by atoms with van der Waals surface area (Å²) in [5.41, 5.74) is 1.30. The predicted molar refractivity (Wildman–Crippen MR) is 109 cm³/mol. The van der Waals surface area contributed by atoms with Crippen LogP contribution in [0, 0.1) is 12.7 Å². The van der Waals surface area contributed by atoms with Crippen molar-refractivity contribution in [1.82, 2.24) is 5.32 Å². The van der Waals surface area contributed by atoms with Gasteiger partial charge in [-0.3, -0.25) is 9.59 Å². The number of halogens is 2. The van der Waals surface area contributed by atoms with E-state index >= 15 is 0 Å². The van der Waals surface area contributed by atoms with E-state index in [2.05, 4.69) is 10.6 Å². The van der Waals surface area contributed by atoms with Crippen LogP contribution in [0.2, 0.25) is 5.02 Å². The van der Waals surface area contributed by atoms with Crippen LogP contribution >= 0.6 is 22.9 Å². The fourth-order valence-corrected chi connectivity index (χ4v) is 4.04. The summed E-state index contributed by atoms with van der Waals surface area (Å²) in [6.07, 6.45) is 0. The van der Waals surface area contributed by atoms with Gasteiger partial charge >= 0.3 is 0 Å². The van der Waals surface area contributed by atoms with E-state index in [0.717, 1.165) is 0 Å². The van der Waals surface area contributed by atoms with E-state index < -0.39 is 5.91 Å². The monoisotopic (exact) mass is 404 g/mol. The Labute approximate surface area is 165 Å². The number of fused-ring (bicyclic) bond motifs is 1. The highest BCUT2D eigenvalue weighted by Gasteiger charge is 2.19. The summed E-state index contributed by atoms with van der Waals surface area (Å²) >= 11 is 7.39. The number of hydrogen-bond donors (Lipinski definition) is 2. The van der Waals surface area contributed by atoms with E-state index in [1.54, 1.807) is 31.2 Å². The Morgan fingerprint density at radius 2 is 1.89 bits per heavy atom. The van der Waals surface area contributed by atoms with Crippen LogP contribution in [0.1, 0.15) is 39.4 Å². The largest absolute Gasteiger partial charge is 0.350 e. The second-order valence-electron chi connectivity index (χ2n) is 6.45. The van der Waals surface area contributed by atoms with Crippen molar-refractivity contribution in [3.05, 3.63) is 63.2 Å². The zero-order valence-electron chi connectivity index (χ0n) is 15.0. The van der Waals surface area contributed by atoms with Gasteiger partial charge in [-0.25, -0.2) is 4.39 Å². The summed E-state index contributed by atoms with van der Waals surface area (Å²) in [4.78, 5) is 25.3. The molecule has 0 aliphatic heterocycles. The van der Waals surface area contributed by atoms with E-state index in [4.69, 9.17) is 11.6 Å². The van der Waals surface area contributed by atoms with Crippen molar-refractivity contribution in [2.75, 3.05) is 5.32 Å². The van der Waals surface area contributed by atoms with Crippen molar-refractivity contribution in [3.63, 3.8) is 0 Å². The Kier molecular flexibility index (Phi) is 5.48. The van der Waals surface area contributed by atoms with Gasteiger partial charge in [-0.05, 0) is 56.7 Å². The SMILES string of the molecule is Cc1c(C(=O)Nc2cc(C(=O)NC(C)C)ccc2Cl)sc2cccc(F)c12. The summed E-state index contributed by atoms with van der Waals surface area (Å²) in [5.74, 6) is -1.00. The summed E-state index contributed by atoms with van der Waals surface area (Å²) in [6.45, 7) is 5.44. The normalized spacial score (nSPS) is 11.0. The Morgan fingerprint density at radius 3 is 2.56 bits per heavy atom. The zero-order valence-corrected chi connectivity index (χ0v) is 16.6. The molecule has 0 spiro atoms. The average Bonchev–Trinajstić information content (AvgIpc) is 2.94. The highest BCUT2D eigenvalue weighted by molar-refractivity contribution is 7.21. The molecule has 2 N–H and O–H groups in total. The molecule has 4 nitrogen and oxygen atoms in total. The van der Waals surface area contributed by atoms with Crippen molar-refractivity contribution in [1.29, 1.82) is 0 Å². The molecule has 0 radical (unpaired) electrons. The number of carbonyl (C=O) groups is 2.